The van der Waals surface area contributed by atoms with Crippen LogP contribution in [-0.4, -0.2) is 14.8 Å². The van der Waals surface area contributed by atoms with Gasteiger partial charge < -0.3 is 11.1 Å². The highest BCUT2D eigenvalue weighted by Gasteiger charge is 2.18. The third-order valence-corrected chi connectivity index (χ3v) is 5.28. The highest BCUT2D eigenvalue weighted by atomic mass is 19.1. The molecule has 2 aromatic carbocycles. The molecule has 0 atom stereocenters. The number of fused-ring (bicyclic) bond motifs is 2. The van der Waals surface area contributed by atoms with Gasteiger partial charge in [-0.05, 0) is 48.1 Å². The number of anilines is 3. The number of nitrogens with one attached hydrogen (secondary N) is 1. The van der Waals surface area contributed by atoms with Gasteiger partial charge in [0.15, 0.2) is 23.1 Å². The van der Waals surface area contributed by atoms with Gasteiger partial charge in [-0.1, -0.05) is 42.5 Å². The van der Waals surface area contributed by atoms with Crippen LogP contribution in [0.3, 0.4) is 0 Å². The lowest BCUT2D eigenvalue weighted by molar-refractivity contribution is 0.627. The zero-order chi connectivity index (χ0) is 19.1. The van der Waals surface area contributed by atoms with Gasteiger partial charge in [0.25, 0.3) is 0 Å². The summed E-state index contributed by atoms with van der Waals surface area (Å²) >= 11 is 0. The molecule has 0 saturated heterocycles. The fourth-order valence-electron chi connectivity index (χ4n) is 3.91. The highest BCUT2D eigenvalue weighted by molar-refractivity contribution is 5.88. The van der Waals surface area contributed by atoms with Crippen LogP contribution in [0.4, 0.5) is 21.7 Å². The molecule has 28 heavy (non-hydrogen) atoms. The molecule has 5 rings (SSSR count). The Bertz CT molecular complexity index is 1170. The predicted octanol–water partition coefficient (Wildman–Crippen LogP) is 4.43. The second-order valence-corrected chi connectivity index (χ2v) is 7.14. The van der Waals surface area contributed by atoms with Gasteiger partial charge in [-0.3, -0.25) is 0 Å². The van der Waals surface area contributed by atoms with E-state index in [1.54, 1.807) is 4.68 Å². The Morgan fingerprint density at radius 3 is 2.79 bits per heavy atom. The number of benzene rings is 2. The van der Waals surface area contributed by atoms with Crippen LogP contribution in [0, 0.1) is 5.82 Å². The molecular formula is C22H20FN5. The Balaban J connectivity index is 1.56. The van der Waals surface area contributed by atoms with E-state index in [4.69, 9.17) is 5.73 Å². The molecule has 0 fully saturated rings. The average Bonchev–Trinajstić information content (AvgIpc) is 3.29. The van der Waals surface area contributed by atoms with Crippen molar-refractivity contribution in [3.8, 4) is 0 Å². The number of nitrogens with two attached hydrogens (primary N) is 1. The Hall–Kier alpha value is -3.41. The molecule has 140 valence electrons. The molecule has 1 aliphatic carbocycles. The lowest BCUT2D eigenvalue weighted by Gasteiger charge is -2.12. The van der Waals surface area contributed by atoms with Crippen molar-refractivity contribution in [3.63, 3.8) is 0 Å². The van der Waals surface area contributed by atoms with Gasteiger partial charge in [-0.15, -0.1) is 0 Å². The van der Waals surface area contributed by atoms with Crippen LogP contribution in [-0.2, 0) is 19.4 Å². The SMILES string of the molecule is Nc1nn(Cc2ccccc2)c2nc(Nc3cccc4c3CCC4)c(F)cc12. The van der Waals surface area contributed by atoms with Gasteiger partial charge in [0.2, 0.25) is 0 Å². The fourth-order valence-corrected chi connectivity index (χ4v) is 3.91. The summed E-state index contributed by atoms with van der Waals surface area (Å²) in [6.07, 6.45) is 3.20. The number of hydrogen-bond acceptors (Lipinski definition) is 4. The van der Waals surface area contributed by atoms with Crippen molar-refractivity contribution in [2.24, 2.45) is 0 Å². The van der Waals surface area contributed by atoms with E-state index >= 15 is 0 Å². The lowest BCUT2D eigenvalue weighted by Crippen LogP contribution is -2.05. The number of nitrogen functional groups attached to an aromatic ring is 1. The molecule has 0 aliphatic heterocycles. The molecule has 2 heterocycles. The van der Waals surface area contributed by atoms with Crippen molar-refractivity contribution < 1.29 is 4.39 Å². The van der Waals surface area contributed by atoms with E-state index in [0.717, 1.165) is 30.5 Å². The van der Waals surface area contributed by atoms with Crippen molar-refractivity contribution in [3.05, 3.63) is 77.1 Å². The lowest BCUT2D eigenvalue weighted by atomic mass is 10.1. The Kier molecular flexibility index (Phi) is 3.97. The van der Waals surface area contributed by atoms with Crippen LogP contribution >= 0.6 is 0 Å². The van der Waals surface area contributed by atoms with Gasteiger partial charge in [0, 0.05) is 5.69 Å². The number of aryl methyl sites for hydroxylation is 1. The molecule has 4 aromatic rings. The minimum atomic E-state index is -0.436. The van der Waals surface area contributed by atoms with Crippen LogP contribution in [0.5, 0.6) is 0 Å². The van der Waals surface area contributed by atoms with E-state index in [9.17, 15) is 4.39 Å². The molecule has 2 aromatic heterocycles. The maximum Gasteiger partial charge on any atom is 0.169 e. The number of aromatic nitrogens is 3. The molecule has 6 heteroatoms. The van der Waals surface area contributed by atoms with E-state index in [1.165, 1.54) is 17.2 Å². The van der Waals surface area contributed by atoms with Crippen molar-refractivity contribution in [1.82, 2.24) is 14.8 Å². The van der Waals surface area contributed by atoms with Crippen molar-refractivity contribution in [2.45, 2.75) is 25.8 Å². The predicted molar refractivity (Wildman–Crippen MR) is 109 cm³/mol. The van der Waals surface area contributed by atoms with Crippen LogP contribution < -0.4 is 11.1 Å². The second-order valence-electron chi connectivity index (χ2n) is 7.14. The average molecular weight is 373 g/mol. The van der Waals surface area contributed by atoms with Crippen LogP contribution in [0.2, 0.25) is 0 Å². The van der Waals surface area contributed by atoms with E-state index in [-0.39, 0.29) is 11.6 Å². The topological polar surface area (TPSA) is 68.8 Å². The maximum absolute atomic E-state index is 14.8. The van der Waals surface area contributed by atoms with E-state index in [0.29, 0.717) is 17.6 Å². The quantitative estimate of drug-likeness (QED) is 0.555. The highest BCUT2D eigenvalue weighted by Crippen LogP contribution is 2.32. The van der Waals surface area contributed by atoms with Crippen molar-refractivity contribution in [1.29, 1.82) is 0 Å². The number of rotatable bonds is 4. The number of pyridine rings is 1. The molecule has 0 unspecified atom stereocenters. The van der Waals surface area contributed by atoms with Gasteiger partial charge in [-0.25, -0.2) is 14.1 Å². The van der Waals surface area contributed by atoms with Gasteiger partial charge >= 0.3 is 0 Å². The monoisotopic (exact) mass is 373 g/mol. The zero-order valence-corrected chi connectivity index (χ0v) is 15.3. The summed E-state index contributed by atoms with van der Waals surface area (Å²) in [7, 11) is 0. The number of hydrogen-bond donors (Lipinski definition) is 2. The summed E-state index contributed by atoms with van der Waals surface area (Å²) in [6.45, 7) is 0.521. The smallest absolute Gasteiger partial charge is 0.169 e. The van der Waals surface area contributed by atoms with Crippen molar-refractivity contribution >= 4 is 28.4 Å². The first-order valence-corrected chi connectivity index (χ1v) is 9.43. The van der Waals surface area contributed by atoms with E-state index in [2.05, 4.69) is 21.5 Å². The molecule has 0 bridgehead atoms. The normalized spacial score (nSPS) is 13.0. The third-order valence-electron chi connectivity index (χ3n) is 5.28. The first kappa shape index (κ1) is 16.7. The summed E-state index contributed by atoms with van der Waals surface area (Å²) in [5, 5.41) is 8.09. The molecule has 5 nitrogen and oxygen atoms in total. The first-order chi connectivity index (χ1) is 13.7. The maximum atomic E-state index is 14.8. The number of halogens is 1. The molecule has 3 N–H and O–H groups in total. The molecule has 0 amide bonds. The molecule has 1 aliphatic rings. The molecule has 0 spiro atoms. The Morgan fingerprint density at radius 1 is 1.07 bits per heavy atom. The summed E-state index contributed by atoms with van der Waals surface area (Å²) in [5.74, 6) is 0.0422. The van der Waals surface area contributed by atoms with Gasteiger partial charge in [-0.2, -0.15) is 5.10 Å². The molecule has 0 radical (unpaired) electrons. The standard InChI is InChI=1S/C22H20FN5/c23-18-12-17-20(24)27-28(13-14-6-2-1-3-7-14)22(17)26-21(18)25-19-11-5-9-15-8-4-10-16(15)19/h1-3,5-7,9,11-12H,4,8,10,13H2,(H2,24,27)(H,25,26). The summed E-state index contributed by atoms with van der Waals surface area (Å²) in [6, 6.07) is 17.5. The van der Waals surface area contributed by atoms with E-state index < -0.39 is 5.82 Å². The van der Waals surface area contributed by atoms with Crippen LogP contribution in [0.25, 0.3) is 11.0 Å². The fraction of sp³-hybridized carbons (Fsp3) is 0.182. The van der Waals surface area contributed by atoms with Gasteiger partial charge in [0.1, 0.15) is 0 Å². The van der Waals surface area contributed by atoms with Crippen molar-refractivity contribution in [2.75, 3.05) is 11.1 Å². The third kappa shape index (κ3) is 2.87. The Morgan fingerprint density at radius 2 is 1.93 bits per heavy atom. The van der Waals surface area contributed by atoms with Gasteiger partial charge in [0.05, 0.1) is 11.9 Å². The van der Waals surface area contributed by atoms with Crippen LogP contribution in [0.15, 0.2) is 54.6 Å². The zero-order valence-electron chi connectivity index (χ0n) is 15.3. The summed E-state index contributed by atoms with van der Waals surface area (Å²) in [4.78, 5) is 4.55. The molecular weight excluding hydrogens is 353 g/mol. The van der Waals surface area contributed by atoms with Crippen LogP contribution in [0.1, 0.15) is 23.1 Å². The first-order valence-electron chi connectivity index (χ1n) is 9.43. The molecule has 0 saturated carbocycles. The minimum Gasteiger partial charge on any atom is -0.382 e. The largest absolute Gasteiger partial charge is 0.382 e. The Labute approximate surface area is 162 Å². The number of nitrogens with zero attached hydrogens (tertiary/aromatic N) is 3. The summed E-state index contributed by atoms with van der Waals surface area (Å²) in [5.41, 5.74) is 11.2. The van der Waals surface area contributed by atoms with E-state index in [1.807, 2.05) is 42.5 Å². The second kappa shape index (κ2) is 6.64. The minimum absolute atomic E-state index is 0.196. The summed E-state index contributed by atoms with van der Waals surface area (Å²) < 4.78 is 16.5.